The van der Waals surface area contributed by atoms with Gasteiger partial charge in [-0.2, -0.15) is 0 Å². The second-order valence-electron chi connectivity index (χ2n) is 10.6. The summed E-state index contributed by atoms with van der Waals surface area (Å²) in [5, 5.41) is 11.5. The van der Waals surface area contributed by atoms with Gasteiger partial charge in [0.2, 0.25) is 0 Å². The fraction of sp³-hybridized carbons (Fsp3) is 0.483. The fourth-order valence-corrected chi connectivity index (χ4v) is 7.29. The summed E-state index contributed by atoms with van der Waals surface area (Å²) in [6.45, 7) is 5.86. The van der Waals surface area contributed by atoms with Crippen LogP contribution in [0.1, 0.15) is 55.2 Å². The average Bonchev–Trinajstić information content (AvgIpc) is 2.81. The molecule has 0 spiro atoms. The molecule has 5 heteroatoms. The number of carbonyl (C=O) groups is 1. The van der Waals surface area contributed by atoms with E-state index in [0.717, 1.165) is 40.2 Å². The third-order valence-corrected chi connectivity index (χ3v) is 8.35. The first-order valence-corrected chi connectivity index (χ1v) is 12.2. The number of methoxy groups -OCH3 is 2. The Kier molecular flexibility index (Phi) is 5.93. The van der Waals surface area contributed by atoms with Crippen LogP contribution in [0.3, 0.4) is 0 Å². The molecule has 180 valence electrons. The van der Waals surface area contributed by atoms with Gasteiger partial charge in [0, 0.05) is 18.2 Å². The molecule has 4 fully saturated rings. The fourth-order valence-electron chi connectivity index (χ4n) is 7.29. The normalized spacial score (nSPS) is 27.0. The third kappa shape index (κ3) is 3.90. The summed E-state index contributed by atoms with van der Waals surface area (Å²) < 4.78 is 17.0. The number of rotatable bonds is 8. The minimum absolute atomic E-state index is 0.0491. The van der Waals surface area contributed by atoms with E-state index >= 15 is 0 Å². The number of carboxylic acids is 1. The van der Waals surface area contributed by atoms with Gasteiger partial charge < -0.3 is 24.1 Å². The number of ether oxygens (including phenoxy) is 3. The molecule has 34 heavy (non-hydrogen) atoms. The van der Waals surface area contributed by atoms with Gasteiger partial charge in [-0.15, -0.1) is 0 Å². The molecule has 0 atom stereocenters. The summed E-state index contributed by atoms with van der Waals surface area (Å²) in [7, 11) is 3.34. The van der Waals surface area contributed by atoms with Crippen LogP contribution in [0.15, 0.2) is 36.9 Å². The Bertz CT molecular complexity index is 1100. The van der Waals surface area contributed by atoms with Crippen LogP contribution in [0.5, 0.6) is 11.5 Å². The van der Waals surface area contributed by atoms with E-state index in [1.54, 1.807) is 26.4 Å². The minimum Gasteiger partial charge on any atom is -0.545 e. The van der Waals surface area contributed by atoms with Crippen LogP contribution in [0.2, 0.25) is 0 Å². The molecule has 0 saturated heterocycles. The van der Waals surface area contributed by atoms with Crippen molar-refractivity contribution in [3.63, 3.8) is 0 Å². The van der Waals surface area contributed by atoms with Gasteiger partial charge in [0.15, 0.2) is 6.79 Å². The van der Waals surface area contributed by atoms with Crippen LogP contribution in [0, 0.1) is 24.7 Å². The molecule has 6 rings (SSSR count). The molecule has 0 unspecified atom stereocenters. The van der Waals surface area contributed by atoms with Crippen molar-refractivity contribution in [2.24, 2.45) is 17.8 Å². The Morgan fingerprint density at radius 2 is 1.65 bits per heavy atom. The second-order valence-corrected chi connectivity index (χ2v) is 10.6. The first-order chi connectivity index (χ1) is 16.3. The number of carboxylic acid groups (broad SMARTS) is 1. The predicted octanol–water partition coefficient (Wildman–Crippen LogP) is 4.88. The Morgan fingerprint density at radius 1 is 1.00 bits per heavy atom. The molecule has 0 amide bonds. The zero-order valence-corrected chi connectivity index (χ0v) is 20.3. The SMILES string of the molecule is C=C(C(=O)[O-])c1ccc(OCOC)c(-c2cc(C34CC5CC(CC(C5)C3)C4)c(OC)cc2C)c1. The number of aryl methyl sites for hydroxylation is 1. The number of benzene rings is 2. The van der Waals surface area contributed by atoms with Gasteiger partial charge in [0.1, 0.15) is 11.5 Å². The van der Waals surface area contributed by atoms with E-state index in [1.807, 2.05) is 6.07 Å². The molecule has 0 aromatic heterocycles. The lowest BCUT2D eigenvalue weighted by atomic mass is 9.48. The average molecular weight is 462 g/mol. The maximum Gasteiger partial charge on any atom is 0.188 e. The summed E-state index contributed by atoms with van der Waals surface area (Å²) in [6, 6.07) is 9.73. The molecule has 0 N–H and O–H groups in total. The highest BCUT2D eigenvalue weighted by Gasteiger charge is 2.52. The Balaban J connectivity index is 1.65. The van der Waals surface area contributed by atoms with Crippen molar-refractivity contribution in [1.29, 1.82) is 0 Å². The zero-order valence-electron chi connectivity index (χ0n) is 20.3. The second kappa shape index (κ2) is 8.77. The van der Waals surface area contributed by atoms with Gasteiger partial charge in [-0.3, -0.25) is 0 Å². The lowest BCUT2D eigenvalue weighted by Crippen LogP contribution is -2.48. The summed E-state index contributed by atoms with van der Waals surface area (Å²) >= 11 is 0. The van der Waals surface area contributed by atoms with E-state index in [0.29, 0.717) is 11.3 Å². The molecule has 4 saturated carbocycles. The molecule has 4 aliphatic carbocycles. The van der Waals surface area contributed by atoms with Crippen LogP contribution in [-0.4, -0.2) is 27.0 Å². The van der Waals surface area contributed by atoms with Crippen LogP contribution in [0.25, 0.3) is 16.7 Å². The van der Waals surface area contributed by atoms with Gasteiger partial charge in [0.05, 0.1) is 13.1 Å². The predicted molar refractivity (Wildman–Crippen MR) is 130 cm³/mol. The Labute approximate surface area is 201 Å². The third-order valence-electron chi connectivity index (χ3n) is 8.35. The van der Waals surface area contributed by atoms with E-state index < -0.39 is 5.97 Å². The van der Waals surface area contributed by atoms with E-state index in [1.165, 1.54) is 44.1 Å². The van der Waals surface area contributed by atoms with Crippen LogP contribution in [-0.2, 0) is 14.9 Å². The molecule has 5 nitrogen and oxygen atoms in total. The van der Waals surface area contributed by atoms with Crippen LogP contribution < -0.4 is 14.6 Å². The first-order valence-electron chi connectivity index (χ1n) is 12.2. The lowest BCUT2D eigenvalue weighted by molar-refractivity contribution is -0.295. The molecule has 4 aliphatic rings. The molecular weight excluding hydrogens is 428 g/mol. The number of hydrogen-bond acceptors (Lipinski definition) is 5. The molecule has 2 aromatic carbocycles. The van der Waals surface area contributed by atoms with Gasteiger partial charge in [-0.25, -0.2) is 0 Å². The first kappa shape index (κ1) is 23.0. The molecule has 2 aromatic rings. The van der Waals surface area contributed by atoms with Gasteiger partial charge in [0.25, 0.3) is 0 Å². The van der Waals surface area contributed by atoms with E-state index in [-0.39, 0.29) is 17.8 Å². The van der Waals surface area contributed by atoms with Crippen molar-refractivity contribution in [2.45, 2.75) is 50.9 Å². The molecule has 4 bridgehead atoms. The van der Waals surface area contributed by atoms with Crippen LogP contribution in [0.4, 0.5) is 0 Å². The van der Waals surface area contributed by atoms with Crippen LogP contribution >= 0.6 is 0 Å². The van der Waals surface area contributed by atoms with Gasteiger partial charge in [-0.1, -0.05) is 12.6 Å². The van der Waals surface area contributed by atoms with Crippen molar-refractivity contribution in [1.82, 2.24) is 0 Å². The Morgan fingerprint density at radius 3 is 2.21 bits per heavy atom. The minimum atomic E-state index is -1.28. The highest BCUT2D eigenvalue weighted by molar-refractivity contribution is 6.13. The summed E-state index contributed by atoms with van der Waals surface area (Å²) in [5.74, 6) is 2.76. The number of hydrogen-bond donors (Lipinski definition) is 0. The topological polar surface area (TPSA) is 67.8 Å². The highest BCUT2D eigenvalue weighted by Crippen LogP contribution is 2.62. The van der Waals surface area contributed by atoms with Gasteiger partial charge >= 0.3 is 0 Å². The Hall–Kier alpha value is -2.79. The highest BCUT2D eigenvalue weighted by atomic mass is 16.7. The van der Waals surface area contributed by atoms with Gasteiger partial charge in [-0.05, 0) is 115 Å². The van der Waals surface area contributed by atoms with E-state index in [2.05, 4.69) is 25.6 Å². The summed E-state index contributed by atoms with van der Waals surface area (Å²) in [5.41, 5.74) is 4.79. The zero-order chi connectivity index (χ0) is 24.0. The quantitative estimate of drug-likeness (QED) is 0.414. The summed E-state index contributed by atoms with van der Waals surface area (Å²) in [4.78, 5) is 11.5. The van der Waals surface area contributed by atoms with Crippen molar-refractivity contribution < 1.29 is 24.1 Å². The monoisotopic (exact) mass is 461 g/mol. The van der Waals surface area contributed by atoms with Crippen molar-refractivity contribution in [3.8, 4) is 22.6 Å². The van der Waals surface area contributed by atoms with Crippen molar-refractivity contribution >= 4 is 11.5 Å². The number of aliphatic carboxylic acids is 1. The van der Waals surface area contributed by atoms with E-state index in [9.17, 15) is 9.90 Å². The van der Waals surface area contributed by atoms with E-state index in [4.69, 9.17) is 14.2 Å². The number of carbonyl (C=O) groups excluding carboxylic acids is 1. The molecule has 0 radical (unpaired) electrons. The lowest BCUT2D eigenvalue weighted by Gasteiger charge is -2.57. The summed E-state index contributed by atoms with van der Waals surface area (Å²) in [6.07, 6.45) is 7.82. The standard InChI is InChI=1S/C29H34O5/c1-17-7-27(33-4)25(29-13-19-8-20(14-29)10-21(9-19)15-29)12-23(17)24-11-22(18(2)28(30)31)5-6-26(24)34-16-32-3/h5-7,11-12,19-21H,2,8-10,13-16H2,1,3-4H3,(H,30,31)/p-1. The molecule has 0 heterocycles. The molecule has 0 aliphatic heterocycles. The van der Waals surface area contributed by atoms with Crippen molar-refractivity contribution in [3.05, 3.63) is 53.6 Å². The molecular formula is C29H33O5-. The maximum absolute atomic E-state index is 11.5. The van der Waals surface area contributed by atoms with Crippen molar-refractivity contribution in [2.75, 3.05) is 21.0 Å². The smallest absolute Gasteiger partial charge is 0.188 e. The largest absolute Gasteiger partial charge is 0.545 e. The maximum atomic E-state index is 11.5.